The minimum absolute atomic E-state index is 0.0703. The van der Waals surface area contributed by atoms with Crippen molar-refractivity contribution in [2.45, 2.75) is 26.3 Å². The lowest BCUT2D eigenvalue weighted by Gasteiger charge is -2.36. The van der Waals surface area contributed by atoms with Crippen LogP contribution in [-0.4, -0.2) is 28.5 Å². The van der Waals surface area contributed by atoms with E-state index in [2.05, 4.69) is 30.7 Å². The standard InChI is InChI=1S/C16H18N4O/c1-16(2,3)20-13-11(7-5-9-17-13)15(21)19(4)12-8-6-10-18-14(12)20/h5-10H,1-4H3. The zero-order valence-corrected chi connectivity index (χ0v) is 12.7. The molecule has 0 N–H and O–H groups in total. The van der Waals surface area contributed by atoms with Crippen molar-refractivity contribution in [1.29, 1.82) is 0 Å². The average Bonchev–Trinajstić information content (AvgIpc) is 2.54. The van der Waals surface area contributed by atoms with Crippen molar-refractivity contribution in [2.75, 3.05) is 16.8 Å². The molecule has 3 rings (SSSR count). The number of pyridine rings is 2. The Labute approximate surface area is 124 Å². The first-order valence-electron chi connectivity index (χ1n) is 6.89. The molecular weight excluding hydrogens is 264 g/mol. The first kappa shape index (κ1) is 13.5. The van der Waals surface area contributed by atoms with Crippen molar-refractivity contribution in [3.63, 3.8) is 0 Å². The van der Waals surface area contributed by atoms with Gasteiger partial charge in [-0.05, 0) is 45.0 Å². The SMILES string of the molecule is CN1C(=O)c2cccnc2N(C(C)(C)C)c2ncccc21. The molecule has 3 heterocycles. The molecule has 1 aliphatic rings. The van der Waals surface area contributed by atoms with Crippen LogP contribution in [0.15, 0.2) is 36.7 Å². The summed E-state index contributed by atoms with van der Waals surface area (Å²) in [6.45, 7) is 6.25. The van der Waals surface area contributed by atoms with Crippen molar-refractivity contribution < 1.29 is 4.79 Å². The fraction of sp³-hybridized carbons (Fsp3) is 0.312. The molecule has 0 radical (unpaired) electrons. The Morgan fingerprint density at radius 3 is 2.29 bits per heavy atom. The Morgan fingerprint density at radius 2 is 1.62 bits per heavy atom. The maximum Gasteiger partial charge on any atom is 0.261 e. The predicted octanol–water partition coefficient (Wildman–Crippen LogP) is 3.00. The normalized spacial score (nSPS) is 14.6. The van der Waals surface area contributed by atoms with Crippen LogP contribution in [0.4, 0.5) is 17.3 Å². The third-order valence-electron chi connectivity index (χ3n) is 3.54. The summed E-state index contributed by atoms with van der Waals surface area (Å²) < 4.78 is 0. The molecule has 2 aromatic heterocycles. The van der Waals surface area contributed by atoms with Crippen LogP contribution < -0.4 is 9.80 Å². The fourth-order valence-electron chi connectivity index (χ4n) is 2.59. The molecule has 5 nitrogen and oxygen atoms in total. The van der Waals surface area contributed by atoms with Crippen LogP contribution >= 0.6 is 0 Å². The number of hydrogen-bond acceptors (Lipinski definition) is 4. The monoisotopic (exact) mass is 282 g/mol. The number of aromatic nitrogens is 2. The number of fused-ring (bicyclic) bond motifs is 2. The summed E-state index contributed by atoms with van der Waals surface area (Å²) in [6.07, 6.45) is 3.45. The van der Waals surface area contributed by atoms with Gasteiger partial charge < -0.3 is 9.80 Å². The second-order valence-corrected chi connectivity index (χ2v) is 6.09. The van der Waals surface area contributed by atoms with E-state index in [4.69, 9.17) is 0 Å². The number of amides is 1. The van der Waals surface area contributed by atoms with Crippen LogP contribution in [0, 0.1) is 0 Å². The highest BCUT2D eigenvalue weighted by Crippen LogP contribution is 2.41. The largest absolute Gasteiger partial charge is 0.308 e. The van der Waals surface area contributed by atoms with Crippen molar-refractivity contribution in [3.05, 3.63) is 42.2 Å². The van der Waals surface area contributed by atoms with Crippen LogP contribution in [0.5, 0.6) is 0 Å². The molecule has 0 fully saturated rings. The van der Waals surface area contributed by atoms with Gasteiger partial charge in [0.2, 0.25) is 0 Å². The molecule has 0 saturated heterocycles. The van der Waals surface area contributed by atoms with Gasteiger partial charge in [0.05, 0.1) is 11.3 Å². The molecule has 0 spiro atoms. The second-order valence-electron chi connectivity index (χ2n) is 6.09. The van der Waals surface area contributed by atoms with Crippen LogP contribution in [0.3, 0.4) is 0 Å². The van der Waals surface area contributed by atoms with E-state index in [0.29, 0.717) is 11.4 Å². The molecule has 0 unspecified atom stereocenters. The molecule has 2 aromatic rings. The lowest BCUT2D eigenvalue weighted by Crippen LogP contribution is -2.39. The highest BCUT2D eigenvalue weighted by molar-refractivity contribution is 6.12. The Bertz CT molecular complexity index is 705. The third-order valence-corrected chi connectivity index (χ3v) is 3.54. The highest BCUT2D eigenvalue weighted by atomic mass is 16.2. The van der Waals surface area contributed by atoms with E-state index >= 15 is 0 Å². The quantitative estimate of drug-likeness (QED) is 0.745. The number of carbonyl (C=O) groups excluding carboxylic acids is 1. The Kier molecular flexibility index (Phi) is 2.93. The minimum Gasteiger partial charge on any atom is -0.308 e. The van der Waals surface area contributed by atoms with Crippen molar-refractivity contribution in [3.8, 4) is 0 Å². The number of anilines is 3. The van der Waals surface area contributed by atoms with E-state index < -0.39 is 0 Å². The summed E-state index contributed by atoms with van der Waals surface area (Å²) in [6, 6.07) is 7.35. The number of nitrogens with zero attached hydrogens (tertiary/aromatic N) is 4. The fourth-order valence-corrected chi connectivity index (χ4v) is 2.59. The van der Waals surface area contributed by atoms with E-state index in [1.54, 1.807) is 30.4 Å². The molecule has 1 amide bonds. The summed E-state index contributed by atoms with van der Waals surface area (Å²) in [7, 11) is 1.77. The van der Waals surface area contributed by atoms with Crippen molar-refractivity contribution >= 4 is 23.2 Å². The molecule has 5 heteroatoms. The molecule has 108 valence electrons. The smallest absolute Gasteiger partial charge is 0.261 e. The predicted molar refractivity (Wildman–Crippen MR) is 83.1 cm³/mol. The van der Waals surface area contributed by atoms with Crippen LogP contribution in [0.25, 0.3) is 0 Å². The Morgan fingerprint density at radius 1 is 1.00 bits per heavy atom. The Hall–Kier alpha value is -2.43. The van der Waals surface area contributed by atoms with E-state index in [1.165, 1.54) is 0 Å². The molecule has 0 bridgehead atoms. The second kappa shape index (κ2) is 4.55. The van der Waals surface area contributed by atoms with Gasteiger partial charge in [0.15, 0.2) is 5.82 Å². The van der Waals surface area contributed by atoms with Gasteiger partial charge in [-0.15, -0.1) is 0 Å². The van der Waals surface area contributed by atoms with Crippen LogP contribution in [0.1, 0.15) is 31.1 Å². The van der Waals surface area contributed by atoms with Crippen LogP contribution in [0.2, 0.25) is 0 Å². The van der Waals surface area contributed by atoms with Gasteiger partial charge in [0, 0.05) is 25.0 Å². The molecule has 21 heavy (non-hydrogen) atoms. The molecular formula is C16H18N4O. The maximum absolute atomic E-state index is 12.7. The van der Waals surface area contributed by atoms with Crippen LogP contribution in [-0.2, 0) is 0 Å². The van der Waals surface area contributed by atoms with Gasteiger partial charge in [0.1, 0.15) is 5.82 Å². The summed E-state index contributed by atoms with van der Waals surface area (Å²) in [5, 5.41) is 0. The summed E-state index contributed by atoms with van der Waals surface area (Å²) >= 11 is 0. The van der Waals surface area contributed by atoms with Crippen molar-refractivity contribution in [2.24, 2.45) is 0 Å². The van der Waals surface area contributed by atoms with E-state index in [-0.39, 0.29) is 11.4 Å². The Balaban J connectivity index is 2.37. The summed E-state index contributed by atoms with van der Waals surface area (Å²) in [5.41, 5.74) is 1.13. The lowest BCUT2D eigenvalue weighted by molar-refractivity contribution is 0.0994. The van der Waals surface area contributed by atoms with Gasteiger partial charge in [-0.2, -0.15) is 0 Å². The zero-order valence-electron chi connectivity index (χ0n) is 12.7. The number of rotatable bonds is 0. The van der Waals surface area contributed by atoms with E-state index in [0.717, 1.165) is 11.5 Å². The third kappa shape index (κ3) is 2.05. The lowest BCUT2D eigenvalue weighted by atomic mass is 10.0. The zero-order chi connectivity index (χ0) is 15.2. The first-order valence-corrected chi connectivity index (χ1v) is 6.89. The number of carbonyl (C=O) groups is 1. The topological polar surface area (TPSA) is 49.3 Å². The first-order chi connectivity index (χ1) is 9.91. The molecule has 1 aliphatic heterocycles. The van der Waals surface area contributed by atoms with Crippen molar-refractivity contribution in [1.82, 2.24) is 9.97 Å². The van der Waals surface area contributed by atoms with Gasteiger partial charge in [0.25, 0.3) is 5.91 Å². The highest BCUT2D eigenvalue weighted by Gasteiger charge is 2.36. The van der Waals surface area contributed by atoms with Gasteiger partial charge in [-0.3, -0.25) is 4.79 Å². The summed E-state index contributed by atoms with van der Waals surface area (Å²) in [4.78, 5) is 25.3. The summed E-state index contributed by atoms with van der Waals surface area (Å²) in [5.74, 6) is 1.33. The molecule has 0 aromatic carbocycles. The molecule has 0 atom stereocenters. The van der Waals surface area contributed by atoms with E-state index in [9.17, 15) is 4.79 Å². The number of hydrogen-bond donors (Lipinski definition) is 0. The van der Waals surface area contributed by atoms with Gasteiger partial charge in [-0.1, -0.05) is 0 Å². The molecule has 0 saturated carbocycles. The van der Waals surface area contributed by atoms with E-state index in [1.807, 2.05) is 23.1 Å². The van der Waals surface area contributed by atoms with Gasteiger partial charge >= 0.3 is 0 Å². The maximum atomic E-state index is 12.7. The average molecular weight is 282 g/mol. The minimum atomic E-state index is -0.252. The molecule has 0 aliphatic carbocycles. The van der Waals surface area contributed by atoms with Gasteiger partial charge in [-0.25, -0.2) is 9.97 Å².